The number of piperazine rings is 2. The molecular weight excluding hydrogens is 683 g/mol. The maximum atomic E-state index is 12.3. The largest absolute Gasteiger partial charge is 0.444 e. The van der Waals surface area contributed by atoms with Gasteiger partial charge in [-0.3, -0.25) is 0 Å². The van der Waals surface area contributed by atoms with Crippen LogP contribution in [0.4, 0.5) is 21.2 Å². The maximum Gasteiger partial charge on any atom is 0.410 e. The predicted octanol–water partition coefficient (Wildman–Crippen LogP) is 5.75. The van der Waals surface area contributed by atoms with Crippen molar-refractivity contribution in [2.24, 2.45) is 0 Å². The zero-order chi connectivity index (χ0) is 35.5. The van der Waals surface area contributed by atoms with Crippen molar-refractivity contribution in [1.29, 1.82) is 0 Å². The number of rotatable bonds is 2. The second-order valence-electron chi connectivity index (χ2n) is 15.1. The molecule has 14 nitrogen and oxygen atoms in total. The van der Waals surface area contributed by atoms with E-state index in [0.717, 1.165) is 35.5 Å². The fraction of sp³-hybridized carbons (Fsp3) is 0.529. The third kappa shape index (κ3) is 6.87. The first-order chi connectivity index (χ1) is 23.6. The number of hydrogen-bond donors (Lipinski definition) is 0. The fourth-order valence-electron chi connectivity index (χ4n) is 7.01. The standard InChI is InChI=1S/2C17H20ClN5O2/c2*1-17(2,3)25-16(24)22-7-10-6-11(8-22)23(10)13-5-4-12-14(21-13)15(18)20-9-19-12/h2*4-5,9-11H,6-8H2,1-3H3. The topological polar surface area (TPSA) is 143 Å². The van der Waals surface area contributed by atoms with E-state index in [2.05, 4.69) is 39.7 Å². The van der Waals surface area contributed by atoms with E-state index < -0.39 is 11.2 Å². The van der Waals surface area contributed by atoms with Crippen molar-refractivity contribution in [3.63, 3.8) is 0 Å². The summed E-state index contributed by atoms with van der Waals surface area (Å²) in [6.45, 7) is 13.9. The Morgan fingerprint density at radius 3 is 1.32 bits per heavy atom. The Labute approximate surface area is 300 Å². The summed E-state index contributed by atoms with van der Waals surface area (Å²) in [4.78, 5) is 58.3. The van der Waals surface area contributed by atoms with E-state index in [0.29, 0.717) is 47.5 Å². The van der Waals surface area contributed by atoms with Crippen LogP contribution >= 0.6 is 23.2 Å². The Bertz CT molecular complexity index is 1790. The van der Waals surface area contributed by atoms with Crippen LogP contribution in [0.15, 0.2) is 36.9 Å². The molecule has 6 saturated heterocycles. The summed E-state index contributed by atoms with van der Waals surface area (Å²) in [5, 5.41) is 0.709. The average Bonchev–Trinajstić information content (AvgIpc) is 3.04. The number of hydrogen-bond acceptors (Lipinski definition) is 12. The number of halogens is 2. The molecule has 264 valence electrons. The van der Waals surface area contributed by atoms with Gasteiger partial charge in [0, 0.05) is 26.2 Å². The minimum atomic E-state index is -0.477. The number of fused-ring (bicyclic) bond motifs is 6. The molecule has 0 N–H and O–H groups in total. The summed E-state index contributed by atoms with van der Waals surface area (Å²) < 4.78 is 11.0. The highest BCUT2D eigenvalue weighted by atomic mass is 35.5. The molecule has 6 fully saturated rings. The maximum absolute atomic E-state index is 12.3. The highest BCUT2D eigenvalue weighted by molar-refractivity contribution is 6.33. The molecule has 0 saturated carbocycles. The van der Waals surface area contributed by atoms with Crippen LogP contribution < -0.4 is 9.80 Å². The van der Waals surface area contributed by atoms with Crippen LogP contribution in [-0.2, 0) is 9.47 Å². The molecule has 10 heterocycles. The van der Waals surface area contributed by atoms with Crippen molar-refractivity contribution in [3.05, 3.63) is 47.2 Å². The minimum absolute atomic E-state index is 0.246. The number of nitrogens with zero attached hydrogens (tertiary/aromatic N) is 10. The van der Waals surface area contributed by atoms with Gasteiger partial charge in [-0.25, -0.2) is 39.5 Å². The molecular formula is C34H40Cl2N10O4. The first kappa shape index (κ1) is 34.2. The van der Waals surface area contributed by atoms with E-state index in [-0.39, 0.29) is 36.4 Å². The molecule has 16 heteroatoms. The number of carbonyl (C=O) groups is 2. The van der Waals surface area contributed by atoms with Gasteiger partial charge in [0.15, 0.2) is 10.3 Å². The summed E-state index contributed by atoms with van der Waals surface area (Å²) >= 11 is 12.3. The van der Waals surface area contributed by atoms with Gasteiger partial charge in [-0.1, -0.05) is 23.2 Å². The van der Waals surface area contributed by atoms with Crippen LogP contribution in [0.3, 0.4) is 0 Å². The fourth-order valence-corrected chi connectivity index (χ4v) is 7.37. The summed E-state index contributed by atoms with van der Waals surface area (Å²) in [5.41, 5.74) is 1.71. The van der Waals surface area contributed by atoms with E-state index in [1.54, 1.807) is 9.80 Å². The van der Waals surface area contributed by atoms with E-state index in [4.69, 9.17) is 32.7 Å². The molecule has 0 aliphatic carbocycles. The highest BCUT2D eigenvalue weighted by Gasteiger charge is 2.48. The molecule has 2 amide bonds. The number of ether oxygens (including phenoxy) is 2. The number of anilines is 2. The number of aromatic nitrogens is 6. The molecule has 0 radical (unpaired) electrons. The second-order valence-corrected chi connectivity index (χ2v) is 15.8. The molecule has 4 unspecified atom stereocenters. The molecule has 50 heavy (non-hydrogen) atoms. The summed E-state index contributed by atoms with van der Waals surface area (Å²) in [7, 11) is 0. The molecule has 6 aliphatic rings. The monoisotopic (exact) mass is 722 g/mol. The van der Waals surface area contributed by atoms with Gasteiger partial charge in [0.1, 0.15) is 46.5 Å². The molecule has 0 spiro atoms. The Morgan fingerprint density at radius 2 is 0.980 bits per heavy atom. The Morgan fingerprint density at radius 1 is 0.620 bits per heavy atom. The van der Waals surface area contributed by atoms with Crippen LogP contribution in [-0.4, -0.2) is 113 Å². The van der Waals surface area contributed by atoms with Gasteiger partial charge in [-0.2, -0.15) is 0 Å². The van der Waals surface area contributed by atoms with Gasteiger partial charge in [0.05, 0.1) is 35.2 Å². The SMILES string of the molecule is CC(C)(C)OC(=O)N1CC2CC(C1)N2c1ccc2ncnc(Cl)c2n1.CC(C)(C)OC(=O)N1CC2CC(C1)N2c1ccc2ncnc(Cl)c2n1. The lowest BCUT2D eigenvalue weighted by Gasteiger charge is -2.56. The van der Waals surface area contributed by atoms with E-state index >= 15 is 0 Å². The quantitative estimate of drug-likeness (QED) is 0.232. The lowest BCUT2D eigenvalue weighted by atomic mass is 9.87. The van der Waals surface area contributed by atoms with Crippen molar-refractivity contribution in [1.82, 2.24) is 39.7 Å². The van der Waals surface area contributed by atoms with Crippen molar-refractivity contribution < 1.29 is 19.1 Å². The summed E-state index contributed by atoms with van der Waals surface area (Å²) in [6.07, 6.45) is 4.48. The first-order valence-electron chi connectivity index (χ1n) is 16.7. The number of amides is 2. The van der Waals surface area contributed by atoms with Crippen molar-refractivity contribution >= 4 is 69.1 Å². The Hall–Kier alpha value is -4.30. The van der Waals surface area contributed by atoms with Gasteiger partial charge in [-0.05, 0) is 78.6 Å². The third-order valence-electron chi connectivity index (χ3n) is 9.06. The van der Waals surface area contributed by atoms with Gasteiger partial charge >= 0.3 is 12.2 Å². The number of pyridine rings is 2. The van der Waals surface area contributed by atoms with E-state index in [1.165, 1.54) is 12.7 Å². The van der Waals surface area contributed by atoms with Gasteiger partial charge in [0.2, 0.25) is 0 Å². The predicted molar refractivity (Wildman–Crippen MR) is 190 cm³/mol. The molecule has 0 aromatic carbocycles. The van der Waals surface area contributed by atoms with Crippen LogP contribution in [0.25, 0.3) is 22.1 Å². The third-order valence-corrected chi connectivity index (χ3v) is 9.62. The lowest BCUT2D eigenvalue weighted by molar-refractivity contribution is 0.00764. The zero-order valence-electron chi connectivity index (χ0n) is 28.9. The minimum Gasteiger partial charge on any atom is -0.444 e. The van der Waals surface area contributed by atoms with Crippen molar-refractivity contribution in [2.45, 2.75) is 89.8 Å². The molecule has 4 bridgehead atoms. The van der Waals surface area contributed by atoms with Gasteiger partial charge in [-0.15, -0.1) is 0 Å². The van der Waals surface area contributed by atoms with Crippen LogP contribution in [0.5, 0.6) is 0 Å². The molecule has 4 atom stereocenters. The van der Waals surface area contributed by atoms with Crippen molar-refractivity contribution in [3.8, 4) is 0 Å². The molecule has 4 aromatic heterocycles. The highest BCUT2D eigenvalue weighted by Crippen LogP contribution is 2.39. The first-order valence-corrected chi connectivity index (χ1v) is 17.5. The van der Waals surface area contributed by atoms with Crippen molar-refractivity contribution in [2.75, 3.05) is 36.0 Å². The van der Waals surface area contributed by atoms with Crippen LogP contribution in [0, 0.1) is 0 Å². The van der Waals surface area contributed by atoms with Gasteiger partial charge < -0.3 is 29.1 Å². The summed E-state index contributed by atoms with van der Waals surface area (Å²) in [6, 6.07) is 8.72. The number of piperidine rings is 2. The smallest absolute Gasteiger partial charge is 0.410 e. The molecule has 4 aromatic rings. The van der Waals surface area contributed by atoms with Crippen LogP contribution in [0.2, 0.25) is 10.3 Å². The van der Waals surface area contributed by atoms with E-state index in [9.17, 15) is 9.59 Å². The van der Waals surface area contributed by atoms with Crippen LogP contribution in [0.1, 0.15) is 54.4 Å². The lowest BCUT2D eigenvalue weighted by Crippen LogP contribution is -2.70. The zero-order valence-corrected chi connectivity index (χ0v) is 30.4. The molecule has 6 aliphatic heterocycles. The van der Waals surface area contributed by atoms with E-state index in [1.807, 2.05) is 65.8 Å². The second kappa shape index (κ2) is 12.8. The number of carbonyl (C=O) groups excluding carboxylic acids is 2. The molecule has 10 rings (SSSR count). The van der Waals surface area contributed by atoms with Gasteiger partial charge in [0.25, 0.3) is 0 Å². The summed E-state index contributed by atoms with van der Waals surface area (Å²) in [5.74, 6) is 1.71. The Balaban J connectivity index is 0.000000157. The normalized spacial score (nSPS) is 22.7. The Kier molecular flexibility index (Phi) is 8.74. The average molecular weight is 724 g/mol.